The van der Waals surface area contributed by atoms with E-state index in [2.05, 4.69) is 38.1 Å². The number of hydrogen-bond donors (Lipinski definition) is 1. The number of nitrogens with one attached hydrogen (secondary N) is 1. The van der Waals surface area contributed by atoms with Gasteiger partial charge in [-0.25, -0.2) is 0 Å². The van der Waals surface area contributed by atoms with Crippen molar-refractivity contribution < 1.29 is 0 Å². The molecule has 0 bridgehead atoms. The molecular formula is C13H25N3. The molecule has 3 heteroatoms. The van der Waals surface area contributed by atoms with Crippen LogP contribution in [0, 0.1) is 12.3 Å². The molecule has 1 aromatic heterocycles. The van der Waals surface area contributed by atoms with Gasteiger partial charge in [0.25, 0.3) is 0 Å². The largest absolute Gasteiger partial charge is 0.313 e. The number of hydrogen-bond acceptors (Lipinski definition) is 2. The molecule has 0 saturated heterocycles. The van der Waals surface area contributed by atoms with Gasteiger partial charge in [0.2, 0.25) is 0 Å². The normalized spacial score (nSPS) is 14.1. The topological polar surface area (TPSA) is 29.9 Å². The van der Waals surface area contributed by atoms with Crippen molar-refractivity contribution in [3.8, 4) is 0 Å². The van der Waals surface area contributed by atoms with E-state index in [9.17, 15) is 0 Å². The monoisotopic (exact) mass is 223 g/mol. The minimum Gasteiger partial charge on any atom is -0.313 e. The molecule has 0 fully saturated rings. The van der Waals surface area contributed by atoms with Crippen LogP contribution < -0.4 is 5.32 Å². The van der Waals surface area contributed by atoms with Crippen molar-refractivity contribution in [3.05, 3.63) is 17.5 Å². The summed E-state index contributed by atoms with van der Waals surface area (Å²) in [5.74, 6) is 0. The van der Waals surface area contributed by atoms with Gasteiger partial charge in [0.1, 0.15) is 0 Å². The maximum absolute atomic E-state index is 4.31. The van der Waals surface area contributed by atoms with Crippen LogP contribution in [0.2, 0.25) is 0 Å². The first kappa shape index (κ1) is 13.2. The summed E-state index contributed by atoms with van der Waals surface area (Å²) in [7, 11) is 4.02. The summed E-state index contributed by atoms with van der Waals surface area (Å²) in [5, 5.41) is 7.70. The van der Waals surface area contributed by atoms with E-state index >= 15 is 0 Å². The molecule has 16 heavy (non-hydrogen) atoms. The zero-order chi connectivity index (χ0) is 12.3. The lowest BCUT2D eigenvalue weighted by molar-refractivity contribution is 0.337. The highest BCUT2D eigenvalue weighted by molar-refractivity contribution is 5.20. The first-order valence-corrected chi connectivity index (χ1v) is 6.01. The third-order valence-corrected chi connectivity index (χ3v) is 3.18. The van der Waals surface area contributed by atoms with E-state index in [1.54, 1.807) is 0 Å². The van der Waals surface area contributed by atoms with Crippen LogP contribution >= 0.6 is 0 Å². The highest BCUT2D eigenvalue weighted by atomic mass is 15.3. The van der Waals surface area contributed by atoms with Crippen molar-refractivity contribution in [1.29, 1.82) is 0 Å². The van der Waals surface area contributed by atoms with E-state index in [0.717, 1.165) is 6.42 Å². The van der Waals surface area contributed by atoms with Crippen LogP contribution in [0.15, 0.2) is 6.20 Å². The van der Waals surface area contributed by atoms with Gasteiger partial charge in [0.15, 0.2) is 0 Å². The first-order valence-electron chi connectivity index (χ1n) is 6.01. The molecular weight excluding hydrogens is 198 g/mol. The molecule has 3 nitrogen and oxygen atoms in total. The lowest BCUT2D eigenvalue weighted by Gasteiger charge is -2.22. The predicted octanol–water partition coefficient (Wildman–Crippen LogP) is 2.82. The number of aromatic nitrogens is 2. The van der Waals surface area contributed by atoms with Gasteiger partial charge in [0.05, 0.1) is 6.20 Å². The Hall–Kier alpha value is -0.830. The van der Waals surface area contributed by atoms with E-state index in [-0.39, 0.29) is 0 Å². The van der Waals surface area contributed by atoms with Gasteiger partial charge in [-0.2, -0.15) is 5.10 Å². The molecule has 0 spiro atoms. The number of nitrogens with zero attached hydrogens (tertiary/aromatic N) is 2. The summed E-state index contributed by atoms with van der Waals surface area (Å²) >= 11 is 0. The second-order valence-corrected chi connectivity index (χ2v) is 5.75. The standard InChI is InChI=1S/C13H25N3/c1-10-11(9-15-16(10)6)12(14-5)7-8-13(2,3)4/h9,12,14H,7-8H2,1-6H3. The number of rotatable bonds is 4. The van der Waals surface area contributed by atoms with E-state index in [4.69, 9.17) is 0 Å². The zero-order valence-corrected chi connectivity index (χ0v) is 11.5. The van der Waals surface area contributed by atoms with Crippen molar-refractivity contribution in [3.63, 3.8) is 0 Å². The van der Waals surface area contributed by atoms with Crippen molar-refractivity contribution in [1.82, 2.24) is 15.1 Å². The lowest BCUT2D eigenvalue weighted by Crippen LogP contribution is -2.19. The zero-order valence-electron chi connectivity index (χ0n) is 11.5. The molecule has 1 unspecified atom stereocenters. The van der Waals surface area contributed by atoms with Crippen molar-refractivity contribution in [2.45, 2.75) is 46.6 Å². The molecule has 92 valence electrons. The fourth-order valence-corrected chi connectivity index (χ4v) is 1.89. The fraction of sp³-hybridized carbons (Fsp3) is 0.769. The lowest BCUT2D eigenvalue weighted by atomic mass is 9.87. The minimum absolute atomic E-state index is 0.394. The SMILES string of the molecule is CNC(CCC(C)(C)C)c1cnn(C)c1C. The van der Waals surface area contributed by atoms with Crippen molar-refractivity contribution in [2.24, 2.45) is 12.5 Å². The van der Waals surface area contributed by atoms with Gasteiger partial charge in [-0.1, -0.05) is 20.8 Å². The van der Waals surface area contributed by atoms with Crippen LogP contribution in [0.4, 0.5) is 0 Å². The van der Waals surface area contributed by atoms with E-state index in [1.807, 2.05) is 25.0 Å². The van der Waals surface area contributed by atoms with Crippen LogP contribution in [0.5, 0.6) is 0 Å². The van der Waals surface area contributed by atoms with Crippen molar-refractivity contribution in [2.75, 3.05) is 7.05 Å². The Morgan fingerprint density at radius 2 is 2.06 bits per heavy atom. The van der Waals surface area contributed by atoms with Crippen LogP contribution in [0.1, 0.15) is 50.9 Å². The summed E-state index contributed by atoms with van der Waals surface area (Å²) in [6.07, 6.45) is 4.36. The summed E-state index contributed by atoms with van der Waals surface area (Å²) in [4.78, 5) is 0. The summed E-state index contributed by atoms with van der Waals surface area (Å²) in [6.45, 7) is 8.99. The first-order chi connectivity index (χ1) is 7.35. The molecule has 0 aliphatic carbocycles. The average molecular weight is 223 g/mol. The highest BCUT2D eigenvalue weighted by Gasteiger charge is 2.18. The molecule has 0 aliphatic rings. The Kier molecular flexibility index (Phi) is 4.14. The number of aryl methyl sites for hydroxylation is 1. The second-order valence-electron chi connectivity index (χ2n) is 5.75. The smallest absolute Gasteiger partial charge is 0.0540 e. The van der Waals surface area contributed by atoms with Crippen LogP contribution in [-0.2, 0) is 7.05 Å². The van der Waals surface area contributed by atoms with Gasteiger partial charge in [-0.3, -0.25) is 4.68 Å². The maximum atomic E-state index is 4.31. The van der Waals surface area contributed by atoms with E-state index in [0.29, 0.717) is 11.5 Å². The Morgan fingerprint density at radius 3 is 2.44 bits per heavy atom. The van der Waals surface area contributed by atoms with Crippen LogP contribution in [-0.4, -0.2) is 16.8 Å². The van der Waals surface area contributed by atoms with Gasteiger partial charge < -0.3 is 5.32 Å². The Bertz CT molecular complexity index is 333. The second kappa shape index (κ2) is 5.00. The Morgan fingerprint density at radius 1 is 1.44 bits per heavy atom. The summed E-state index contributed by atoms with van der Waals surface area (Å²) in [5.41, 5.74) is 2.98. The third-order valence-electron chi connectivity index (χ3n) is 3.18. The molecule has 0 aliphatic heterocycles. The van der Waals surface area contributed by atoms with Gasteiger partial charge in [-0.05, 0) is 32.2 Å². The van der Waals surface area contributed by atoms with Gasteiger partial charge in [0, 0.05) is 24.3 Å². The molecule has 0 aromatic carbocycles. The van der Waals surface area contributed by atoms with Crippen molar-refractivity contribution >= 4 is 0 Å². The maximum Gasteiger partial charge on any atom is 0.0540 e. The Labute approximate surface area is 99.2 Å². The molecule has 0 saturated carbocycles. The third kappa shape index (κ3) is 3.34. The van der Waals surface area contributed by atoms with Crippen LogP contribution in [0.25, 0.3) is 0 Å². The summed E-state index contributed by atoms with van der Waals surface area (Å²) < 4.78 is 1.94. The Balaban J connectivity index is 2.72. The quantitative estimate of drug-likeness (QED) is 0.850. The molecule has 0 radical (unpaired) electrons. The minimum atomic E-state index is 0.394. The highest BCUT2D eigenvalue weighted by Crippen LogP contribution is 2.28. The van der Waals surface area contributed by atoms with E-state index in [1.165, 1.54) is 17.7 Å². The molecule has 1 N–H and O–H groups in total. The fourth-order valence-electron chi connectivity index (χ4n) is 1.89. The van der Waals surface area contributed by atoms with Crippen LogP contribution in [0.3, 0.4) is 0 Å². The molecule has 1 aromatic rings. The molecule has 1 atom stereocenters. The molecule has 1 heterocycles. The van der Waals surface area contributed by atoms with Gasteiger partial charge in [-0.15, -0.1) is 0 Å². The molecule has 1 rings (SSSR count). The predicted molar refractivity (Wildman–Crippen MR) is 68.4 cm³/mol. The average Bonchev–Trinajstić information content (AvgIpc) is 2.49. The molecule has 0 amide bonds. The van der Waals surface area contributed by atoms with E-state index < -0.39 is 0 Å². The van der Waals surface area contributed by atoms with Gasteiger partial charge >= 0.3 is 0 Å². The summed E-state index contributed by atoms with van der Waals surface area (Å²) in [6, 6.07) is 0.424.